The second kappa shape index (κ2) is 5.91. The second-order valence-electron chi connectivity index (χ2n) is 5.29. The molecule has 0 spiro atoms. The summed E-state index contributed by atoms with van der Waals surface area (Å²) in [7, 11) is 3.80. The van der Waals surface area contributed by atoms with Crippen molar-refractivity contribution in [2.75, 3.05) is 32.5 Å². The van der Waals surface area contributed by atoms with Gasteiger partial charge in [0.25, 0.3) is 17.4 Å². The molecule has 1 aromatic rings. The zero-order valence-corrected chi connectivity index (χ0v) is 13.0. The van der Waals surface area contributed by atoms with Crippen LogP contribution in [0.4, 0.5) is 5.69 Å². The lowest BCUT2D eigenvalue weighted by atomic mass is 10.0. The molecule has 2 N–H and O–H groups in total. The van der Waals surface area contributed by atoms with E-state index in [9.17, 15) is 9.59 Å². The number of nitrogens with zero attached hydrogens (tertiary/aromatic N) is 1. The summed E-state index contributed by atoms with van der Waals surface area (Å²) in [6.07, 6.45) is 0. The number of hydrogen-bond donors (Lipinski definition) is 2. The van der Waals surface area contributed by atoms with Gasteiger partial charge in [0, 0.05) is 18.1 Å². The lowest BCUT2D eigenvalue weighted by Gasteiger charge is -2.33. The van der Waals surface area contributed by atoms with E-state index in [1.54, 1.807) is 18.2 Å². The number of ether oxygens (including phenoxy) is 1. The Balaban J connectivity index is 2.13. The molecule has 2 amide bonds. The predicted octanol–water partition coefficient (Wildman–Crippen LogP) is 1.11. The topological polar surface area (TPSA) is 70.7 Å². The SMILES string of the molecule is CN(C)CCNC(=O)[C@@]1(C)Oc2ccc(Cl)cc2NC1=O. The Morgan fingerprint density at radius 2 is 2.19 bits per heavy atom. The number of nitrogens with one attached hydrogen (secondary N) is 2. The molecule has 6 nitrogen and oxygen atoms in total. The Morgan fingerprint density at radius 3 is 2.86 bits per heavy atom. The zero-order chi connectivity index (χ0) is 15.6. The Labute approximate surface area is 128 Å². The van der Waals surface area contributed by atoms with Crippen LogP contribution in [0.1, 0.15) is 6.92 Å². The fourth-order valence-corrected chi connectivity index (χ4v) is 2.08. The molecule has 1 aliphatic rings. The quantitative estimate of drug-likeness (QED) is 0.817. The first-order chi connectivity index (χ1) is 9.83. The fourth-order valence-electron chi connectivity index (χ4n) is 1.91. The molecule has 0 saturated heterocycles. The maximum Gasteiger partial charge on any atom is 0.278 e. The van der Waals surface area contributed by atoms with Crippen molar-refractivity contribution in [1.29, 1.82) is 0 Å². The van der Waals surface area contributed by atoms with Gasteiger partial charge in [-0.25, -0.2) is 0 Å². The number of hydrogen-bond acceptors (Lipinski definition) is 4. The van der Waals surface area contributed by atoms with Crippen molar-refractivity contribution in [1.82, 2.24) is 10.2 Å². The van der Waals surface area contributed by atoms with Crippen LogP contribution in [0.25, 0.3) is 0 Å². The molecule has 0 unspecified atom stereocenters. The zero-order valence-electron chi connectivity index (χ0n) is 12.2. The maximum atomic E-state index is 12.2. The average molecular weight is 312 g/mol. The van der Waals surface area contributed by atoms with E-state index in [0.29, 0.717) is 29.5 Å². The Bertz CT molecular complexity index is 577. The van der Waals surface area contributed by atoms with E-state index in [2.05, 4.69) is 10.6 Å². The molecule has 0 fully saturated rings. The van der Waals surface area contributed by atoms with Gasteiger partial charge >= 0.3 is 0 Å². The third kappa shape index (κ3) is 3.28. The van der Waals surface area contributed by atoms with Crippen LogP contribution >= 0.6 is 11.6 Å². The van der Waals surface area contributed by atoms with Gasteiger partial charge in [-0.1, -0.05) is 11.6 Å². The molecule has 7 heteroatoms. The van der Waals surface area contributed by atoms with Gasteiger partial charge in [0.05, 0.1) is 5.69 Å². The van der Waals surface area contributed by atoms with E-state index >= 15 is 0 Å². The van der Waals surface area contributed by atoms with Crippen molar-refractivity contribution in [2.45, 2.75) is 12.5 Å². The molecule has 1 atom stereocenters. The van der Waals surface area contributed by atoms with Gasteiger partial charge < -0.3 is 20.3 Å². The third-order valence-corrected chi connectivity index (χ3v) is 3.45. The van der Waals surface area contributed by atoms with Crippen molar-refractivity contribution in [2.24, 2.45) is 0 Å². The lowest BCUT2D eigenvalue weighted by molar-refractivity contribution is -0.146. The van der Waals surface area contributed by atoms with E-state index in [-0.39, 0.29) is 0 Å². The minimum atomic E-state index is -1.59. The van der Waals surface area contributed by atoms with Crippen LogP contribution in [-0.2, 0) is 9.59 Å². The highest BCUT2D eigenvalue weighted by Gasteiger charge is 2.47. The molecule has 0 bridgehead atoms. The number of likely N-dealkylation sites (N-methyl/N-ethyl adjacent to an activating group) is 1. The third-order valence-electron chi connectivity index (χ3n) is 3.22. The predicted molar refractivity (Wildman–Crippen MR) is 80.7 cm³/mol. The summed E-state index contributed by atoms with van der Waals surface area (Å²) in [6, 6.07) is 4.85. The summed E-state index contributed by atoms with van der Waals surface area (Å²) in [4.78, 5) is 26.4. The molecule has 21 heavy (non-hydrogen) atoms. The Hall–Kier alpha value is -1.79. The first-order valence-corrected chi connectivity index (χ1v) is 6.94. The molecule has 114 valence electrons. The van der Waals surface area contributed by atoms with E-state index < -0.39 is 17.4 Å². The standard InChI is InChI=1S/C14H18ClN3O3/c1-14(12(19)16-6-7-18(2)3)13(20)17-10-8-9(15)4-5-11(10)21-14/h4-5,8H,6-7H2,1-3H3,(H,16,19)(H,17,20)/t14-/m1/s1. The first kappa shape index (κ1) is 15.6. The van der Waals surface area contributed by atoms with Gasteiger partial charge in [0.15, 0.2) is 0 Å². The van der Waals surface area contributed by atoms with Crippen LogP contribution in [0, 0.1) is 0 Å². The van der Waals surface area contributed by atoms with E-state index in [4.69, 9.17) is 16.3 Å². The lowest BCUT2D eigenvalue weighted by Crippen LogP contribution is -2.59. The monoisotopic (exact) mass is 311 g/mol. The van der Waals surface area contributed by atoms with Crippen molar-refractivity contribution in [3.8, 4) is 5.75 Å². The largest absolute Gasteiger partial charge is 0.466 e. The fraction of sp³-hybridized carbons (Fsp3) is 0.429. The molecular formula is C14H18ClN3O3. The highest BCUT2D eigenvalue weighted by atomic mass is 35.5. The molecule has 0 aromatic heterocycles. The number of halogens is 1. The molecular weight excluding hydrogens is 294 g/mol. The normalized spacial score (nSPS) is 20.5. The molecule has 0 radical (unpaired) electrons. The number of benzene rings is 1. The number of amides is 2. The van der Waals surface area contributed by atoms with Crippen molar-refractivity contribution in [3.05, 3.63) is 23.2 Å². The van der Waals surface area contributed by atoms with Crippen molar-refractivity contribution < 1.29 is 14.3 Å². The second-order valence-corrected chi connectivity index (χ2v) is 5.73. The summed E-state index contributed by atoms with van der Waals surface area (Å²) in [5.41, 5.74) is -1.13. The molecule has 1 aromatic carbocycles. The molecule has 1 aliphatic heterocycles. The average Bonchev–Trinajstić information content (AvgIpc) is 2.40. The van der Waals surface area contributed by atoms with Crippen molar-refractivity contribution in [3.63, 3.8) is 0 Å². The number of rotatable bonds is 4. The summed E-state index contributed by atoms with van der Waals surface area (Å²) in [5, 5.41) is 5.84. The number of carbonyl (C=O) groups excluding carboxylic acids is 2. The van der Waals surface area contributed by atoms with Gasteiger partial charge in [-0.15, -0.1) is 0 Å². The van der Waals surface area contributed by atoms with Crippen LogP contribution < -0.4 is 15.4 Å². The number of carbonyl (C=O) groups is 2. The van der Waals surface area contributed by atoms with Crippen molar-refractivity contribution >= 4 is 29.1 Å². The van der Waals surface area contributed by atoms with Gasteiger partial charge in [0.2, 0.25) is 0 Å². The van der Waals surface area contributed by atoms with E-state index in [1.807, 2.05) is 19.0 Å². The van der Waals surface area contributed by atoms with E-state index in [0.717, 1.165) is 0 Å². The van der Waals surface area contributed by atoms with E-state index in [1.165, 1.54) is 6.92 Å². The smallest absolute Gasteiger partial charge is 0.278 e. The molecule has 0 saturated carbocycles. The van der Waals surface area contributed by atoms with Gasteiger partial charge in [-0.3, -0.25) is 9.59 Å². The summed E-state index contributed by atoms with van der Waals surface area (Å²) >= 11 is 5.87. The highest BCUT2D eigenvalue weighted by molar-refractivity contribution is 6.31. The first-order valence-electron chi connectivity index (χ1n) is 6.56. The minimum absolute atomic E-state index is 0.421. The van der Waals surface area contributed by atoms with Crippen LogP contribution in [0.5, 0.6) is 5.75 Å². The Kier molecular flexibility index (Phi) is 4.39. The van der Waals surface area contributed by atoms with Crippen LogP contribution in [0.15, 0.2) is 18.2 Å². The number of anilines is 1. The summed E-state index contributed by atoms with van der Waals surface area (Å²) in [5.74, 6) is -0.564. The molecule has 0 aliphatic carbocycles. The number of fused-ring (bicyclic) bond motifs is 1. The van der Waals surface area contributed by atoms with Crippen LogP contribution in [0.3, 0.4) is 0 Å². The molecule has 1 heterocycles. The molecule has 2 rings (SSSR count). The van der Waals surface area contributed by atoms with Gasteiger partial charge in [-0.05, 0) is 39.2 Å². The highest BCUT2D eigenvalue weighted by Crippen LogP contribution is 2.35. The summed E-state index contributed by atoms with van der Waals surface area (Å²) in [6.45, 7) is 2.56. The van der Waals surface area contributed by atoms with Crippen LogP contribution in [-0.4, -0.2) is 49.5 Å². The minimum Gasteiger partial charge on any atom is -0.466 e. The Morgan fingerprint density at radius 1 is 1.48 bits per heavy atom. The summed E-state index contributed by atoms with van der Waals surface area (Å²) < 4.78 is 5.61. The van der Waals surface area contributed by atoms with Gasteiger partial charge in [-0.2, -0.15) is 0 Å². The van der Waals surface area contributed by atoms with Gasteiger partial charge in [0.1, 0.15) is 5.75 Å². The maximum absolute atomic E-state index is 12.2. The van der Waals surface area contributed by atoms with Crippen LogP contribution in [0.2, 0.25) is 5.02 Å².